The van der Waals surface area contributed by atoms with Gasteiger partial charge in [-0.15, -0.1) is 5.10 Å². The van der Waals surface area contributed by atoms with Gasteiger partial charge in [-0.1, -0.05) is 0 Å². The third-order valence-corrected chi connectivity index (χ3v) is 5.96. The average molecular weight is 366 g/mol. The summed E-state index contributed by atoms with van der Waals surface area (Å²) >= 11 is 5.68. The number of rotatable bonds is 5. The Morgan fingerprint density at radius 3 is 2.88 bits per heavy atom. The zero-order chi connectivity index (χ0) is 17.4. The Labute approximate surface area is 152 Å². The summed E-state index contributed by atoms with van der Waals surface area (Å²) in [7, 11) is 0. The van der Waals surface area contributed by atoms with Crippen molar-refractivity contribution in [3.05, 3.63) is 11.1 Å². The van der Waals surface area contributed by atoms with Crippen LogP contribution in [0.4, 0.5) is 0 Å². The quantitative estimate of drug-likeness (QED) is 0.860. The molecule has 3 aliphatic rings. The molecule has 1 atom stereocenters. The maximum Gasteiger partial charge on any atom is 0.242 e. The second-order valence-corrected chi connectivity index (χ2v) is 8.03. The predicted octanol–water partition coefficient (Wildman–Crippen LogP) is 1.64. The summed E-state index contributed by atoms with van der Waals surface area (Å²) < 4.78 is 0. The van der Waals surface area contributed by atoms with Gasteiger partial charge in [0.2, 0.25) is 17.1 Å². The van der Waals surface area contributed by atoms with Crippen molar-refractivity contribution >= 4 is 23.4 Å². The first kappa shape index (κ1) is 16.8. The summed E-state index contributed by atoms with van der Waals surface area (Å²) in [6.07, 6.45) is 6.13. The molecule has 1 aliphatic carbocycles. The monoisotopic (exact) mass is 365 g/mol. The molecule has 2 amide bonds. The van der Waals surface area contributed by atoms with Crippen molar-refractivity contribution in [2.24, 2.45) is 11.3 Å². The van der Waals surface area contributed by atoms with Crippen LogP contribution in [0.1, 0.15) is 44.3 Å². The number of H-pyrrole nitrogens is 1. The minimum Gasteiger partial charge on any atom is -0.342 e. The fourth-order valence-electron chi connectivity index (χ4n) is 4.17. The molecule has 1 spiro atoms. The molecular weight excluding hydrogens is 342 g/mol. The first-order valence-corrected chi connectivity index (χ1v) is 9.57. The molecule has 7 nitrogen and oxygen atoms in total. The normalized spacial score (nSPS) is 26.7. The maximum atomic E-state index is 13.0. The molecule has 4 rings (SSSR count). The lowest BCUT2D eigenvalue weighted by Gasteiger charge is -2.39. The molecule has 0 radical (unpaired) electrons. The van der Waals surface area contributed by atoms with E-state index in [1.165, 1.54) is 12.8 Å². The van der Waals surface area contributed by atoms with E-state index < -0.39 is 0 Å². The van der Waals surface area contributed by atoms with Gasteiger partial charge in [0.15, 0.2) is 0 Å². The summed E-state index contributed by atoms with van der Waals surface area (Å²) in [6.45, 7) is 3.06. The van der Waals surface area contributed by atoms with Crippen molar-refractivity contribution in [3.63, 3.8) is 0 Å². The van der Waals surface area contributed by atoms with Gasteiger partial charge in [-0.05, 0) is 49.6 Å². The van der Waals surface area contributed by atoms with Crippen LogP contribution in [0.15, 0.2) is 0 Å². The fraction of sp³-hybridized carbons (Fsp3) is 0.765. The van der Waals surface area contributed by atoms with Crippen molar-refractivity contribution in [2.45, 2.75) is 44.9 Å². The number of aromatic nitrogens is 3. The van der Waals surface area contributed by atoms with Gasteiger partial charge in [0.05, 0.1) is 5.41 Å². The maximum absolute atomic E-state index is 13.0. The van der Waals surface area contributed by atoms with Gasteiger partial charge in [0, 0.05) is 39.0 Å². The van der Waals surface area contributed by atoms with Gasteiger partial charge in [-0.25, -0.2) is 4.98 Å². The number of carbonyl (C=O) groups excluding carboxylic acids is 2. The SMILES string of the molecule is O=C(CCc1nc(Cl)n[nH]1)N1CCC2(CCCN(CC3CC3)C2=O)C1. The number of aryl methyl sites for hydroxylation is 1. The zero-order valence-electron chi connectivity index (χ0n) is 14.3. The molecule has 0 aromatic carbocycles. The van der Waals surface area contributed by atoms with Crippen molar-refractivity contribution in [1.82, 2.24) is 25.0 Å². The van der Waals surface area contributed by atoms with E-state index in [4.69, 9.17) is 11.6 Å². The van der Waals surface area contributed by atoms with Crippen LogP contribution in [0.25, 0.3) is 0 Å². The third kappa shape index (κ3) is 3.52. The molecule has 136 valence electrons. The summed E-state index contributed by atoms with van der Waals surface area (Å²) in [5.74, 6) is 1.70. The molecule has 1 aromatic heterocycles. The largest absolute Gasteiger partial charge is 0.342 e. The van der Waals surface area contributed by atoms with E-state index in [0.29, 0.717) is 37.7 Å². The van der Waals surface area contributed by atoms with Crippen molar-refractivity contribution in [3.8, 4) is 0 Å². The second-order valence-electron chi connectivity index (χ2n) is 7.69. The van der Waals surface area contributed by atoms with Crippen LogP contribution in [0.5, 0.6) is 0 Å². The summed E-state index contributed by atoms with van der Waals surface area (Å²) in [4.78, 5) is 33.5. The minimum atomic E-state index is -0.335. The smallest absolute Gasteiger partial charge is 0.242 e. The van der Waals surface area contributed by atoms with E-state index in [1.807, 2.05) is 4.90 Å². The van der Waals surface area contributed by atoms with E-state index in [1.54, 1.807) is 0 Å². The second kappa shape index (κ2) is 6.59. The number of likely N-dealkylation sites (tertiary alicyclic amines) is 2. The highest BCUT2D eigenvalue weighted by Crippen LogP contribution is 2.41. The number of aromatic amines is 1. The predicted molar refractivity (Wildman–Crippen MR) is 91.9 cm³/mol. The van der Waals surface area contributed by atoms with Gasteiger partial charge < -0.3 is 9.80 Å². The van der Waals surface area contributed by atoms with Crippen molar-refractivity contribution < 1.29 is 9.59 Å². The zero-order valence-corrected chi connectivity index (χ0v) is 15.1. The molecule has 1 aromatic rings. The lowest BCUT2D eigenvalue weighted by atomic mass is 9.78. The lowest BCUT2D eigenvalue weighted by Crippen LogP contribution is -2.50. The molecule has 3 heterocycles. The highest BCUT2D eigenvalue weighted by molar-refractivity contribution is 6.28. The number of piperidine rings is 1. The number of nitrogens with one attached hydrogen (secondary N) is 1. The van der Waals surface area contributed by atoms with Gasteiger partial charge >= 0.3 is 0 Å². The van der Waals surface area contributed by atoms with E-state index in [9.17, 15) is 9.59 Å². The van der Waals surface area contributed by atoms with Gasteiger partial charge in [0.1, 0.15) is 5.82 Å². The molecule has 25 heavy (non-hydrogen) atoms. The molecule has 3 fully saturated rings. The number of halogens is 1. The number of hydrogen-bond donors (Lipinski definition) is 1. The van der Waals surface area contributed by atoms with Crippen LogP contribution in [-0.4, -0.2) is 63.0 Å². The summed E-state index contributed by atoms with van der Waals surface area (Å²) in [6, 6.07) is 0. The molecule has 0 bridgehead atoms. The van der Waals surface area contributed by atoms with Crippen LogP contribution in [0.3, 0.4) is 0 Å². The summed E-state index contributed by atoms with van der Waals surface area (Å²) in [5.41, 5.74) is -0.335. The summed E-state index contributed by atoms with van der Waals surface area (Å²) in [5, 5.41) is 6.65. The van der Waals surface area contributed by atoms with Crippen LogP contribution >= 0.6 is 11.6 Å². The van der Waals surface area contributed by atoms with E-state index in [0.717, 1.165) is 32.4 Å². The number of amides is 2. The van der Waals surface area contributed by atoms with E-state index >= 15 is 0 Å². The van der Waals surface area contributed by atoms with Crippen molar-refractivity contribution in [1.29, 1.82) is 0 Å². The number of hydrogen-bond acceptors (Lipinski definition) is 4. The number of carbonyl (C=O) groups is 2. The fourth-order valence-corrected chi connectivity index (χ4v) is 4.31. The highest BCUT2D eigenvalue weighted by atomic mass is 35.5. The molecule has 8 heteroatoms. The number of nitrogens with zero attached hydrogens (tertiary/aromatic N) is 4. The lowest BCUT2D eigenvalue weighted by molar-refractivity contribution is -0.146. The Hall–Kier alpha value is -1.63. The molecule has 2 aliphatic heterocycles. The van der Waals surface area contributed by atoms with Crippen LogP contribution in [-0.2, 0) is 16.0 Å². The van der Waals surface area contributed by atoms with E-state index in [2.05, 4.69) is 20.1 Å². The molecule has 1 N–H and O–H groups in total. The molecule has 1 saturated carbocycles. The van der Waals surface area contributed by atoms with Crippen LogP contribution in [0, 0.1) is 11.3 Å². The van der Waals surface area contributed by atoms with Gasteiger partial charge in [-0.2, -0.15) is 0 Å². The Morgan fingerprint density at radius 2 is 2.16 bits per heavy atom. The average Bonchev–Trinajstić information content (AvgIpc) is 3.15. The van der Waals surface area contributed by atoms with Crippen molar-refractivity contribution in [2.75, 3.05) is 26.2 Å². The minimum absolute atomic E-state index is 0.0801. The van der Waals surface area contributed by atoms with Gasteiger partial charge in [-0.3, -0.25) is 14.7 Å². The third-order valence-electron chi connectivity index (χ3n) is 5.79. The Morgan fingerprint density at radius 1 is 1.32 bits per heavy atom. The van der Waals surface area contributed by atoms with Crippen LogP contribution < -0.4 is 0 Å². The van der Waals surface area contributed by atoms with Crippen LogP contribution in [0.2, 0.25) is 5.28 Å². The highest BCUT2D eigenvalue weighted by Gasteiger charge is 2.49. The Kier molecular flexibility index (Phi) is 4.43. The Bertz CT molecular complexity index is 674. The Balaban J connectivity index is 1.34. The van der Waals surface area contributed by atoms with E-state index in [-0.39, 0.29) is 22.5 Å². The van der Waals surface area contributed by atoms with Gasteiger partial charge in [0.25, 0.3) is 0 Å². The topological polar surface area (TPSA) is 82.2 Å². The first-order valence-electron chi connectivity index (χ1n) is 9.20. The first-order chi connectivity index (χ1) is 12.1. The standard InChI is InChI=1S/C17H24ClN5O2/c18-16-19-13(20-21-16)4-5-14(24)23-9-7-17(11-23)6-1-8-22(15(17)25)10-12-2-3-12/h12H,1-11H2,(H,19,20,21). The molecular formula is C17H24ClN5O2. The molecule has 1 unspecified atom stereocenters. The molecule has 2 saturated heterocycles.